The molecule has 2 aliphatic rings. The lowest BCUT2D eigenvalue weighted by Crippen LogP contribution is -2.62. The van der Waals surface area contributed by atoms with Crippen molar-refractivity contribution in [3.05, 3.63) is 0 Å². The maximum atomic E-state index is 11.4. The zero-order valence-electron chi connectivity index (χ0n) is 9.24. The smallest absolute Gasteiger partial charge is 0.409 e. The van der Waals surface area contributed by atoms with Crippen molar-refractivity contribution in [2.24, 2.45) is 0 Å². The Hall–Kier alpha value is -0.810. The van der Waals surface area contributed by atoms with Crippen molar-refractivity contribution in [1.29, 1.82) is 0 Å². The fraction of sp³-hybridized carbons (Fsp3) is 0.900. The van der Waals surface area contributed by atoms with Gasteiger partial charge in [-0.25, -0.2) is 4.79 Å². The molecule has 15 heavy (non-hydrogen) atoms. The Morgan fingerprint density at radius 3 is 2.47 bits per heavy atom. The molecule has 0 aliphatic carbocycles. The molecule has 0 aromatic heterocycles. The molecular weight excluding hydrogens is 194 g/mol. The van der Waals surface area contributed by atoms with Crippen LogP contribution in [0.1, 0.15) is 6.92 Å². The van der Waals surface area contributed by atoms with Crippen LogP contribution in [0.25, 0.3) is 0 Å². The van der Waals surface area contributed by atoms with Crippen molar-refractivity contribution in [3.8, 4) is 0 Å². The van der Waals surface area contributed by atoms with Gasteiger partial charge in [0.1, 0.15) is 0 Å². The lowest BCUT2D eigenvalue weighted by molar-refractivity contribution is 0.0548. The zero-order valence-corrected chi connectivity index (χ0v) is 9.24. The number of carbonyl (C=O) groups is 1. The minimum absolute atomic E-state index is 0.163. The summed E-state index contributed by atoms with van der Waals surface area (Å²) in [5, 5.41) is 3.27. The molecule has 0 saturated carbocycles. The summed E-state index contributed by atoms with van der Waals surface area (Å²) >= 11 is 0. The Kier molecular flexibility index (Phi) is 3.43. The van der Waals surface area contributed by atoms with Crippen LogP contribution in [0.2, 0.25) is 0 Å². The summed E-state index contributed by atoms with van der Waals surface area (Å²) in [6.45, 7) is 8.06. The summed E-state index contributed by atoms with van der Waals surface area (Å²) in [4.78, 5) is 15.7. The van der Waals surface area contributed by atoms with E-state index in [-0.39, 0.29) is 6.09 Å². The first kappa shape index (κ1) is 10.7. The summed E-state index contributed by atoms with van der Waals surface area (Å²) in [5.74, 6) is 0. The van der Waals surface area contributed by atoms with Gasteiger partial charge >= 0.3 is 6.09 Å². The summed E-state index contributed by atoms with van der Waals surface area (Å²) in [7, 11) is 0. The number of ether oxygens (including phenoxy) is 1. The molecule has 2 rings (SSSR count). The van der Waals surface area contributed by atoms with E-state index in [9.17, 15) is 4.79 Å². The molecule has 2 saturated heterocycles. The average Bonchev–Trinajstić information content (AvgIpc) is 2.16. The van der Waals surface area contributed by atoms with Crippen LogP contribution in [0.15, 0.2) is 0 Å². The maximum Gasteiger partial charge on any atom is 0.409 e. The highest BCUT2D eigenvalue weighted by Crippen LogP contribution is 2.10. The van der Waals surface area contributed by atoms with E-state index in [4.69, 9.17) is 4.74 Å². The van der Waals surface area contributed by atoms with Crippen LogP contribution in [-0.2, 0) is 4.74 Å². The Labute approximate surface area is 90.4 Å². The number of amides is 1. The van der Waals surface area contributed by atoms with Crippen LogP contribution in [-0.4, -0.2) is 67.8 Å². The molecule has 0 atom stereocenters. The second-order valence-corrected chi connectivity index (χ2v) is 4.03. The average molecular weight is 213 g/mol. The molecule has 0 aromatic carbocycles. The van der Waals surface area contributed by atoms with Crippen molar-refractivity contribution < 1.29 is 9.53 Å². The Balaban J connectivity index is 1.73. The van der Waals surface area contributed by atoms with Crippen LogP contribution in [0.5, 0.6) is 0 Å². The quantitative estimate of drug-likeness (QED) is 0.686. The number of carbonyl (C=O) groups excluding carboxylic acids is 1. The van der Waals surface area contributed by atoms with Crippen molar-refractivity contribution in [3.63, 3.8) is 0 Å². The summed E-state index contributed by atoms with van der Waals surface area (Å²) in [6.07, 6.45) is -0.163. The van der Waals surface area contributed by atoms with Gasteiger partial charge in [0.15, 0.2) is 0 Å². The number of hydrogen-bond acceptors (Lipinski definition) is 4. The number of nitrogens with zero attached hydrogens (tertiary/aromatic N) is 2. The molecular formula is C10H19N3O2. The second kappa shape index (κ2) is 4.81. The number of hydrogen-bond donors (Lipinski definition) is 1. The second-order valence-electron chi connectivity index (χ2n) is 4.03. The molecule has 0 bridgehead atoms. The van der Waals surface area contributed by atoms with Gasteiger partial charge in [0.05, 0.1) is 6.61 Å². The molecule has 86 valence electrons. The van der Waals surface area contributed by atoms with Crippen LogP contribution in [0, 0.1) is 0 Å². The third-order valence-electron chi connectivity index (χ3n) is 3.12. The van der Waals surface area contributed by atoms with Crippen molar-refractivity contribution >= 4 is 6.09 Å². The third kappa shape index (κ3) is 2.41. The molecule has 5 heteroatoms. The number of piperazine rings is 1. The van der Waals surface area contributed by atoms with Gasteiger partial charge in [-0.1, -0.05) is 0 Å². The van der Waals surface area contributed by atoms with Crippen molar-refractivity contribution in [2.75, 3.05) is 45.9 Å². The predicted octanol–water partition coefficient (Wildman–Crippen LogP) is -0.268. The standard InChI is InChI=1S/C10H19N3O2/c1-2-15-10(14)13-5-3-12(4-6-13)9-7-11-8-9/h9,11H,2-8H2,1H3. The number of nitrogens with one attached hydrogen (secondary N) is 1. The molecule has 0 spiro atoms. The highest BCUT2D eigenvalue weighted by atomic mass is 16.6. The van der Waals surface area contributed by atoms with E-state index in [0.29, 0.717) is 12.6 Å². The molecule has 2 aliphatic heterocycles. The Morgan fingerprint density at radius 1 is 1.33 bits per heavy atom. The minimum Gasteiger partial charge on any atom is -0.450 e. The van der Waals surface area contributed by atoms with Crippen LogP contribution in [0.3, 0.4) is 0 Å². The van der Waals surface area contributed by atoms with Crippen molar-refractivity contribution in [1.82, 2.24) is 15.1 Å². The van der Waals surface area contributed by atoms with E-state index >= 15 is 0 Å². The van der Waals surface area contributed by atoms with Gasteiger partial charge in [-0.3, -0.25) is 4.90 Å². The van der Waals surface area contributed by atoms with Gasteiger partial charge in [0.25, 0.3) is 0 Å². The fourth-order valence-corrected chi connectivity index (χ4v) is 2.02. The molecule has 2 heterocycles. The lowest BCUT2D eigenvalue weighted by atomic mass is 10.1. The van der Waals surface area contributed by atoms with Gasteiger partial charge in [-0.05, 0) is 6.92 Å². The van der Waals surface area contributed by atoms with E-state index in [1.807, 2.05) is 6.92 Å². The van der Waals surface area contributed by atoms with Crippen LogP contribution < -0.4 is 5.32 Å². The molecule has 1 N–H and O–H groups in total. The Bertz CT molecular complexity index is 223. The molecule has 0 aromatic rings. The first-order chi connectivity index (χ1) is 7.31. The number of rotatable bonds is 2. The molecule has 0 radical (unpaired) electrons. The first-order valence-electron chi connectivity index (χ1n) is 5.67. The van der Waals surface area contributed by atoms with E-state index in [1.165, 1.54) is 0 Å². The normalized spacial score (nSPS) is 23.7. The summed E-state index contributed by atoms with van der Waals surface area (Å²) in [6, 6.07) is 0.689. The molecule has 5 nitrogen and oxygen atoms in total. The van der Waals surface area contributed by atoms with E-state index in [2.05, 4.69) is 10.2 Å². The summed E-state index contributed by atoms with van der Waals surface area (Å²) in [5.41, 5.74) is 0. The molecule has 0 unspecified atom stereocenters. The lowest BCUT2D eigenvalue weighted by Gasteiger charge is -2.42. The largest absolute Gasteiger partial charge is 0.450 e. The van der Waals surface area contributed by atoms with Crippen molar-refractivity contribution in [2.45, 2.75) is 13.0 Å². The zero-order chi connectivity index (χ0) is 10.7. The van der Waals surface area contributed by atoms with Gasteiger partial charge in [0, 0.05) is 45.3 Å². The third-order valence-corrected chi connectivity index (χ3v) is 3.12. The SMILES string of the molecule is CCOC(=O)N1CCN(C2CNC2)CC1. The first-order valence-corrected chi connectivity index (χ1v) is 5.67. The summed E-state index contributed by atoms with van der Waals surface area (Å²) < 4.78 is 4.97. The highest BCUT2D eigenvalue weighted by molar-refractivity contribution is 5.67. The predicted molar refractivity (Wildman–Crippen MR) is 56.8 cm³/mol. The van der Waals surface area contributed by atoms with Gasteiger partial charge < -0.3 is 15.0 Å². The van der Waals surface area contributed by atoms with Crippen LogP contribution in [0.4, 0.5) is 4.79 Å². The van der Waals surface area contributed by atoms with Gasteiger partial charge in [0.2, 0.25) is 0 Å². The topological polar surface area (TPSA) is 44.8 Å². The molecule has 1 amide bonds. The maximum absolute atomic E-state index is 11.4. The van der Waals surface area contributed by atoms with Gasteiger partial charge in [-0.15, -0.1) is 0 Å². The van der Waals surface area contributed by atoms with E-state index in [1.54, 1.807) is 4.90 Å². The van der Waals surface area contributed by atoms with Crippen LogP contribution >= 0.6 is 0 Å². The van der Waals surface area contributed by atoms with E-state index in [0.717, 1.165) is 39.3 Å². The fourth-order valence-electron chi connectivity index (χ4n) is 2.02. The monoisotopic (exact) mass is 213 g/mol. The Morgan fingerprint density at radius 2 is 2.00 bits per heavy atom. The highest BCUT2D eigenvalue weighted by Gasteiger charge is 2.29. The molecule has 2 fully saturated rings. The van der Waals surface area contributed by atoms with E-state index < -0.39 is 0 Å². The van der Waals surface area contributed by atoms with Gasteiger partial charge in [-0.2, -0.15) is 0 Å². The minimum atomic E-state index is -0.163.